The van der Waals surface area contributed by atoms with Crippen molar-refractivity contribution >= 4 is 5.97 Å². The van der Waals surface area contributed by atoms with Crippen LogP contribution in [-0.4, -0.2) is 36.1 Å². The number of rotatable bonds is 2. The maximum Gasteiger partial charge on any atom is 0.335 e. The van der Waals surface area contributed by atoms with Gasteiger partial charge in [-0.15, -0.1) is 0 Å². The fraction of sp³-hybridized carbons (Fsp3) is 0.444. The predicted octanol–water partition coefficient (Wildman–Crippen LogP) is 0.392. The van der Waals surface area contributed by atoms with Crippen molar-refractivity contribution in [2.75, 3.05) is 14.1 Å². The van der Waals surface area contributed by atoms with Gasteiger partial charge < -0.3 is 15.3 Å². The highest BCUT2D eigenvalue weighted by molar-refractivity contribution is 5.90. The van der Waals surface area contributed by atoms with Gasteiger partial charge in [0.25, 0.3) is 0 Å². The molecule has 0 aromatic rings. The highest BCUT2D eigenvalue weighted by Gasteiger charge is 2.18. The standard InChI is InChI=1S/C9H14N2O2/c1-6-4-7(9(12)13)5-8(10-2)11(6)3/h4-6,10H,1-3H3,(H,12,13). The van der Waals surface area contributed by atoms with E-state index in [1.807, 2.05) is 18.9 Å². The quantitative estimate of drug-likeness (QED) is 0.648. The first-order valence-electron chi connectivity index (χ1n) is 4.13. The van der Waals surface area contributed by atoms with Crippen LogP contribution in [0.25, 0.3) is 0 Å². The summed E-state index contributed by atoms with van der Waals surface area (Å²) in [6.07, 6.45) is 3.35. The molecular weight excluding hydrogens is 168 g/mol. The molecule has 4 heteroatoms. The van der Waals surface area contributed by atoms with E-state index < -0.39 is 5.97 Å². The Hall–Kier alpha value is -1.45. The fourth-order valence-corrected chi connectivity index (χ4v) is 1.27. The summed E-state index contributed by atoms with van der Waals surface area (Å²) >= 11 is 0. The lowest BCUT2D eigenvalue weighted by atomic mass is 10.1. The minimum absolute atomic E-state index is 0.110. The maximum atomic E-state index is 10.7. The first-order chi connectivity index (χ1) is 6.06. The third-order valence-corrected chi connectivity index (χ3v) is 2.21. The van der Waals surface area contributed by atoms with Crippen molar-refractivity contribution in [2.45, 2.75) is 13.0 Å². The van der Waals surface area contributed by atoms with Crippen molar-refractivity contribution in [3.63, 3.8) is 0 Å². The van der Waals surface area contributed by atoms with Gasteiger partial charge in [0.15, 0.2) is 0 Å². The Labute approximate surface area is 77.5 Å². The van der Waals surface area contributed by atoms with Crippen LogP contribution in [0.15, 0.2) is 23.5 Å². The zero-order chi connectivity index (χ0) is 10.0. The van der Waals surface area contributed by atoms with Crippen LogP contribution in [0.3, 0.4) is 0 Å². The van der Waals surface area contributed by atoms with Crippen molar-refractivity contribution in [1.29, 1.82) is 0 Å². The molecule has 0 aromatic heterocycles. The van der Waals surface area contributed by atoms with E-state index in [2.05, 4.69) is 5.32 Å². The molecule has 0 aliphatic carbocycles. The number of carboxylic acids is 1. The smallest absolute Gasteiger partial charge is 0.335 e. The lowest BCUT2D eigenvalue weighted by Gasteiger charge is -2.30. The van der Waals surface area contributed by atoms with E-state index in [0.717, 1.165) is 5.82 Å². The SMILES string of the molecule is CNC1=CC(C(=O)O)=CC(C)N1C. The molecular formula is C9H14N2O2. The number of nitrogens with one attached hydrogen (secondary N) is 1. The minimum atomic E-state index is -0.882. The van der Waals surface area contributed by atoms with E-state index in [0.29, 0.717) is 5.57 Å². The summed E-state index contributed by atoms with van der Waals surface area (Å²) in [7, 11) is 3.70. The van der Waals surface area contributed by atoms with Crippen molar-refractivity contribution in [2.24, 2.45) is 0 Å². The van der Waals surface area contributed by atoms with Crippen LogP contribution in [0, 0.1) is 0 Å². The number of carbonyl (C=O) groups is 1. The van der Waals surface area contributed by atoms with Gasteiger partial charge in [0.05, 0.1) is 5.57 Å². The number of hydrogen-bond acceptors (Lipinski definition) is 3. The number of aliphatic carboxylic acids is 1. The largest absolute Gasteiger partial charge is 0.478 e. The monoisotopic (exact) mass is 182 g/mol. The Kier molecular flexibility index (Phi) is 2.60. The number of carboxylic acid groups (broad SMARTS) is 1. The van der Waals surface area contributed by atoms with Crippen molar-refractivity contribution < 1.29 is 9.90 Å². The van der Waals surface area contributed by atoms with Gasteiger partial charge in [-0.05, 0) is 19.1 Å². The van der Waals surface area contributed by atoms with Crippen molar-refractivity contribution in [3.05, 3.63) is 23.5 Å². The van der Waals surface area contributed by atoms with Gasteiger partial charge in [0, 0.05) is 20.1 Å². The zero-order valence-electron chi connectivity index (χ0n) is 8.03. The summed E-state index contributed by atoms with van der Waals surface area (Å²) in [4.78, 5) is 12.7. The zero-order valence-corrected chi connectivity index (χ0v) is 8.03. The first-order valence-corrected chi connectivity index (χ1v) is 4.13. The summed E-state index contributed by atoms with van der Waals surface area (Å²) in [6, 6.07) is 0.110. The molecule has 0 saturated heterocycles. The lowest BCUT2D eigenvalue weighted by Crippen LogP contribution is -2.35. The summed E-state index contributed by atoms with van der Waals surface area (Å²) < 4.78 is 0. The molecule has 0 radical (unpaired) electrons. The van der Waals surface area contributed by atoms with Crippen LogP contribution < -0.4 is 5.32 Å². The summed E-state index contributed by atoms with van der Waals surface area (Å²) in [5.74, 6) is -0.0555. The Morgan fingerprint density at radius 1 is 1.69 bits per heavy atom. The Morgan fingerprint density at radius 2 is 2.31 bits per heavy atom. The normalized spacial score (nSPS) is 22.1. The first kappa shape index (κ1) is 9.64. The lowest BCUT2D eigenvalue weighted by molar-refractivity contribution is -0.132. The molecule has 0 aromatic carbocycles. The highest BCUT2D eigenvalue weighted by Crippen LogP contribution is 2.16. The average molecular weight is 182 g/mol. The molecule has 0 fully saturated rings. The van der Waals surface area contributed by atoms with Crippen molar-refractivity contribution in [3.8, 4) is 0 Å². The molecule has 13 heavy (non-hydrogen) atoms. The van der Waals surface area contributed by atoms with Crippen LogP contribution in [0.5, 0.6) is 0 Å². The molecule has 0 bridgehead atoms. The molecule has 1 atom stereocenters. The van der Waals surface area contributed by atoms with E-state index in [1.54, 1.807) is 19.2 Å². The van der Waals surface area contributed by atoms with Gasteiger partial charge in [-0.1, -0.05) is 0 Å². The number of likely N-dealkylation sites (N-methyl/N-ethyl adjacent to an activating group) is 1. The second-order valence-corrected chi connectivity index (χ2v) is 3.06. The number of nitrogens with zero attached hydrogens (tertiary/aromatic N) is 1. The molecule has 1 heterocycles. The van der Waals surface area contributed by atoms with Crippen LogP contribution in [0.2, 0.25) is 0 Å². The molecule has 0 spiro atoms. The molecule has 1 aliphatic rings. The molecule has 1 aliphatic heterocycles. The third kappa shape index (κ3) is 1.83. The molecule has 0 amide bonds. The van der Waals surface area contributed by atoms with Gasteiger partial charge in [0.2, 0.25) is 0 Å². The average Bonchev–Trinajstić information content (AvgIpc) is 2.09. The third-order valence-electron chi connectivity index (χ3n) is 2.21. The number of hydrogen-bond donors (Lipinski definition) is 2. The molecule has 72 valence electrons. The maximum absolute atomic E-state index is 10.7. The second-order valence-electron chi connectivity index (χ2n) is 3.06. The van der Waals surface area contributed by atoms with Crippen LogP contribution in [0.1, 0.15) is 6.92 Å². The van der Waals surface area contributed by atoms with E-state index in [4.69, 9.17) is 5.11 Å². The van der Waals surface area contributed by atoms with Gasteiger partial charge in [-0.2, -0.15) is 0 Å². The van der Waals surface area contributed by atoms with Crippen LogP contribution in [0.4, 0.5) is 0 Å². The topological polar surface area (TPSA) is 52.6 Å². The molecule has 0 saturated carbocycles. The van der Waals surface area contributed by atoms with E-state index in [9.17, 15) is 4.79 Å². The highest BCUT2D eigenvalue weighted by atomic mass is 16.4. The van der Waals surface area contributed by atoms with Crippen molar-refractivity contribution in [1.82, 2.24) is 10.2 Å². The van der Waals surface area contributed by atoms with E-state index in [1.165, 1.54) is 0 Å². The van der Waals surface area contributed by atoms with E-state index >= 15 is 0 Å². The summed E-state index contributed by atoms with van der Waals surface area (Å²) in [5, 5.41) is 11.7. The van der Waals surface area contributed by atoms with E-state index in [-0.39, 0.29) is 6.04 Å². The fourth-order valence-electron chi connectivity index (χ4n) is 1.27. The van der Waals surface area contributed by atoms with Crippen LogP contribution in [-0.2, 0) is 4.79 Å². The summed E-state index contributed by atoms with van der Waals surface area (Å²) in [5.41, 5.74) is 0.343. The van der Waals surface area contributed by atoms with Crippen LogP contribution >= 0.6 is 0 Å². The molecule has 4 nitrogen and oxygen atoms in total. The Balaban J connectivity index is 2.97. The molecule has 1 unspecified atom stereocenters. The molecule has 1 rings (SSSR count). The summed E-state index contributed by atoms with van der Waals surface area (Å²) in [6.45, 7) is 1.95. The Bertz CT molecular complexity index is 281. The van der Waals surface area contributed by atoms with Gasteiger partial charge in [0.1, 0.15) is 5.82 Å². The Morgan fingerprint density at radius 3 is 2.77 bits per heavy atom. The molecule has 2 N–H and O–H groups in total. The van der Waals surface area contributed by atoms with Gasteiger partial charge in [-0.25, -0.2) is 4.79 Å². The predicted molar refractivity (Wildman–Crippen MR) is 50.1 cm³/mol. The second kappa shape index (κ2) is 3.51. The van der Waals surface area contributed by atoms with Gasteiger partial charge in [-0.3, -0.25) is 0 Å². The minimum Gasteiger partial charge on any atom is -0.478 e. The van der Waals surface area contributed by atoms with Gasteiger partial charge >= 0.3 is 5.97 Å².